The first-order valence-electron chi connectivity index (χ1n) is 13.7. The summed E-state index contributed by atoms with van der Waals surface area (Å²) in [6.45, 7) is 8.40. The number of nitrogens with one attached hydrogen (secondary N) is 1. The van der Waals surface area contributed by atoms with Gasteiger partial charge in [0.25, 0.3) is 0 Å². The molecule has 222 valence electrons. The van der Waals surface area contributed by atoms with Crippen molar-refractivity contribution in [3.05, 3.63) is 71.8 Å². The van der Waals surface area contributed by atoms with Crippen molar-refractivity contribution in [1.29, 1.82) is 0 Å². The molecule has 12 heteroatoms. The lowest BCUT2D eigenvalue weighted by Gasteiger charge is -2.36. The van der Waals surface area contributed by atoms with Crippen LogP contribution in [0.2, 0.25) is 0 Å². The van der Waals surface area contributed by atoms with Gasteiger partial charge in [-0.3, -0.25) is 19.6 Å². The Kier molecular flexibility index (Phi) is 8.46. The summed E-state index contributed by atoms with van der Waals surface area (Å²) in [6.07, 6.45) is -2.84. The monoisotopic (exact) mass is 584 g/mol. The highest BCUT2D eigenvalue weighted by Crippen LogP contribution is 2.33. The van der Waals surface area contributed by atoms with Crippen molar-refractivity contribution in [3.8, 4) is 11.5 Å². The Morgan fingerprint density at radius 1 is 1.02 bits per heavy atom. The van der Waals surface area contributed by atoms with E-state index in [1.165, 1.54) is 0 Å². The third kappa shape index (κ3) is 6.88. The van der Waals surface area contributed by atoms with Gasteiger partial charge < -0.3 is 14.6 Å². The zero-order valence-electron chi connectivity index (χ0n) is 23.6. The molecule has 1 saturated heterocycles. The number of benzene rings is 2. The van der Waals surface area contributed by atoms with Crippen LogP contribution in [-0.2, 0) is 24.4 Å². The second-order valence-electron chi connectivity index (χ2n) is 10.7. The quantitative estimate of drug-likeness (QED) is 0.249. The Morgan fingerprint density at radius 2 is 1.76 bits per heavy atom. The minimum absolute atomic E-state index is 0.0945. The molecule has 0 radical (unpaired) electrons. The number of aromatic nitrogens is 3. The van der Waals surface area contributed by atoms with Crippen molar-refractivity contribution >= 4 is 28.5 Å². The van der Waals surface area contributed by atoms with E-state index in [9.17, 15) is 22.4 Å². The number of piperazine rings is 1. The zero-order valence-corrected chi connectivity index (χ0v) is 23.6. The van der Waals surface area contributed by atoms with Crippen LogP contribution in [0.3, 0.4) is 0 Å². The molecule has 0 amide bonds. The van der Waals surface area contributed by atoms with E-state index in [1.54, 1.807) is 48.1 Å². The van der Waals surface area contributed by atoms with Crippen LogP contribution in [0.1, 0.15) is 25.1 Å². The van der Waals surface area contributed by atoms with Gasteiger partial charge in [-0.25, -0.2) is 9.37 Å². The predicted molar refractivity (Wildman–Crippen MR) is 152 cm³/mol. The lowest BCUT2D eigenvalue weighted by Crippen LogP contribution is -2.50. The zero-order chi connectivity index (χ0) is 30.0. The molecule has 8 nitrogen and oxygen atoms in total. The number of Topliss-reactive ketones (excluding diaryl/α,β-unsaturated/α-hetero) is 1. The van der Waals surface area contributed by atoms with Gasteiger partial charge in [0.05, 0.1) is 40.9 Å². The van der Waals surface area contributed by atoms with Gasteiger partial charge in [-0.15, -0.1) is 0 Å². The fourth-order valence-electron chi connectivity index (χ4n) is 4.97. The van der Waals surface area contributed by atoms with Crippen LogP contribution in [0.15, 0.2) is 54.7 Å². The lowest BCUT2D eigenvalue weighted by atomic mass is 10.1. The molecule has 0 atom stereocenters. The fourth-order valence-corrected chi connectivity index (χ4v) is 4.97. The Morgan fingerprint density at radius 3 is 2.45 bits per heavy atom. The maximum atomic E-state index is 14.4. The molecule has 1 aliphatic rings. The molecule has 1 aliphatic heterocycles. The minimum atomic E-state index is -4.64. The molecule has 0 saturated carbocycles. The maximum Gasteiger partial charge on any atom is 0.416 e. The Labute approximate surface area is 240 Å². The number of anilines is 2. The number of carbonyl (C=O) groups excluding carboxylic acids is 1. The first-order chi connectivity index (χ1) is 20.0. The molecular formula is C30H32F4N6O2. The number of hydrogen-bond acceptors (Lipinski definition) is 7. The minimum Gasteiger partial charge on any atom is -0.457 e. The van der Waals surface area contributed by atoms with Gasteiger partial charge in [-0.1, -0.05) is 0 Å². The SMILES string of the molecule is CC(C)N1CCN(CC(=O)Cc2cc(Oc3ccc4c(c3)nc(Nc3ccc(C(F)(F)F)cc3F)n4C)ccn2)CC1. The number of nitrogens with zero attached hydrogens (tertiary/aromatic N) is 5. The van der Waals surface area contributed by atoms with E-state index in [1.807, 2.05) is 0 Å². The first-order valence-corrected chi connectivity index (χ1v) is 13.7. The number of alkyl halides is 3. The average Bonchev–Trinajstić information content (AvgIpc) is 3.23. The first kappa shape index (κ1) is 29.5. The number of ether oxygens (including phenoxy) is 1. The van der Waals surface area contributed by atoms with Gasteiger partial charge in [0.15, 0.2) is 5.78 Å². The van der Waals surface area contributed by atoms with Crippen molar-refractivity contribution < 1.29 is 27.1 Å². The number of aryl methyl sites for hydroxylation is 1. The van der Waals surface area contributed by atoms with Crippen LogP contribution in [0.5, 0.6) is 11.5 Å². The van der Waals surface area contributed by atoms with Gasteiger partial charge in [0, 0.05) is 57.6 Å². The van der Waals surface area contributed by atoms with Gasteiger partial charge in [0.1, 0.15) is 17.3 Å². The smallest absolute Gasteiger partial charge is 0.416 e. The Balaban J connectivity index is 1.23. The molecule has 0 aliphatic carbocycles. The van der Waals surface area contributed by atoms with Gasteiger partial charge in [-0.2, -0.15) is 13.2 Å². The average molecular weight is 585 g/mol. The summed E-state index contributed by atoms with van der Waals surface area (Å²) in [4.78, 5) is 26.1. The van der Waals surface area contributed by atoms with E-state index >= 15 is 0 Å². The summed E-state index contributed by atoms with van der Waals surface area (Å²) in [7, 11) is 1.70. The summed E-state index contributed by atoms with van der Waals surface area (Å²) in [5.41, 5.74) is 0.650. The van der Waals surface area contributed by atoms with Crippen LogP contribution >= 0.6 is 0 Å². The van der Waals surface area contributed by atoms with Crippen molar-refractivity contribution in [2.75, 3.05) is 38.0 Å². The largest absolute Gasteiger partial charge is 0.457 e. The number of pyridine rings is 1. The molecule has 2 aromatic carbocycles. The predicted octanol–water partition coefficient (Wildman–Crippen LogP) is 5.80. The molecule has 2 aromatic heterocycles. The van der Waals surface area contributed by atoms with E-state index in [0.29, 0.717) is 46.9 Å². The van der Waals surface area contributed by atoms with Crippen LogP contribution in [0, 0.1) is 5.82 Å². The second-order valence-corrected chi connectivity index (χ2v) is 10.7. The molecular weight excluding hydrogens is 552 g/mol. The fraction of sp³-hybridized carbons (Fsp3) is 0.367. The third-order valence-electron chi connectivity index (χ3n) is 7.33. The number of halogens is 4. The number of hydrogen-bond donors (Lipinski definition) is 1. The molecule has 0 unspecified atom stereocenters. The molecule has 42 heavy (non-hydrogen) atoms. The number of rotatable bonds is 9. The summed E-state index contributed by atoms with van der Waals surface area (Å²) in [5, 5.41) is 2.76. The van der Waals surface area contributed by atoms with Crippen LogP contribution in [0.25, 0.3) is 11.0 Å². The van der Waals surface area contributed by atoms with Gasteiger partial charge in [0.2, 0.25) is 5.95 Å². The van der Waals surface area contributed by atoms with Gasteiger partial charge >= 0.3 is 6.18 Å². The Bertz CT molecular complexity index is 1580. The number of ketones is 1. The molecule has 3 heterocycles. The van der Waals surface area contributed by atoms with Crippen LogP contribution in [-0.4, -0.2) is 68.9 Å². The van der Waals surface area contributed by atoms with E-state index < -0.39 is 17.6 Å². The number of imidazole rings is 1. The highest BCUT2D eigenvalue weighted by Gasteiger charge is 2.31. The molecule has 4 aromatic rings. The van der Waals surface area contributed by atoms with Gasteiger partial charge in [-0.05, 0) is 50.2 Å². The summed E-state index contributed by atoms with van der Waals surface area (Å²) >= 11 is 0. The van der Waals surface area contributed by atoms with E-state index in [2.05, 4.69) is 38.9 Å². The molecule has 5 rings (SSSR count). The van der Waals surface area contributed by atoms with Crippen LogP contribution < -0.4 is 10.1 Å². The van der Waals surface area contributed by atoms with E-state index in [0.717, 1.165) is 38.3 Å². The summed E-state index contributed by atoms with van der Waals surface area (Å²) < 4.78 is 60.7. The normalized spacial score (nSPS) is 15.0. The molecule has 0 bridgehead atoms. The van der Waals surface area contributed by atoms with Crippen molar-refractivity contribution in [3.63, 3.8) is 0 Å². The molecule has 0 spiro atoms. The standard InChI is InChI=1S/C30H32F4N6O2/c1-19(2)40-12-10-39(11-13-40)18-22(41)15-21-16-24(8-9-35-21)42-23-5-7-28-27(17-23)37-29(38(28)3)36-26-6-4-20(14-25(26)31)30(32,33)34/h4-9,14,16-17,19H,10-13,15,18H2,1-3H3,(H,36,37). The number of fused-ring (bicyclic) bond motifs is 1. The van der Waals surface area contributed by atoms with Crippen molar-refractivity contribution in [2.45, 2.75) is 32.5 Å². The molecule has 1 fully saturated rings. The van der Waals surface area contributed by atoms with Crippen molar-refractivity contribution in [2.24, 2.45) is 7.05 Å². The number of carbonyl (C=O) groups is 1. The second kappa shape index (κ2) is 12.1. The highest BCUT2D eigenvalue weighted by molar-refractivity contribution is 5.83. The van der Waals surface area contributed by atoms with Crippen molar-refractivity contribution in [1.82, 2.24) is 24.3 Å². The maximum absolute atomic E-state index is 14.4. The summed E-state index contributed by atoms with van der Waals surface area (Å²) in [6, 6.07) is 11.4. The topological polar surface area (TPSA) is 75.5 Å². The third-order valence-corrected chi connectivity index (χ3v) is 7.33. The lowest BCUT2D eigenvalue weighted by molar-refractivity contribution is -0.137. The van der Waals surface area contributed by atoms with E-state index in [-0.39, 0.29) is 23.8 Å². The highest BCUT2D eigenvalue weighted by atomic mass is 19.4. The molecule has 1 N–H and O–H groups in total. The Hall–Kier alpha value is -4.03. The van der Waals surface area contributed by atoms with Crippen LogP contribution in [0.4, 0.5) is 29.2 Å². The van der Waals surface area contributed by atoms with E-state index in [4.69, 9.17) is 4.74 Å². The summed E-state index contributed by atoms with van der Waals surface area (Å²) in [5.74, 6) is 0.299.